The summed E-state index contributed by atoms with van der Waals surface area (Å²) in [6.07, 6.45) is -0.764. The molecule has 0 unspecified atom stereocenters. The number of amides is 2. The van der Waals surface area contributed by atoms with E-state index >= 15 is 0 Å². The molecule has 1 atom stereocenters. The van der Waals surface area contributed by atoms with Gasteiger partial charge in [-0.15, -0.1) is 0 Å². The Morgan fingerprint density at radius 1 is 1.27 bits per heavy atom. The molecule has 0 rings (SSSR count). The molecular formula is C8H17N3O4. The van der Waals surface area contributed by atoms with Crippen LogP contribution in [0.1, 0.15) is 12.8 Å². The van der Waals surface area contributed by atoms with Crippen molar-refractivity contribution >= 4 is 12.0 Å². The van der Waals surface area contributed by atoms with Crippen LogP contribution in [-0.4, -0.2) is 48.0 Å². The third-order valence-electron chi connectivity index (χ3n) is 1.65. The molecule has 88 valence electrons. The average molecular weight is 219 g/mol. The molecule has 7 heteroatoms. The Kier molecular flexibility index (Phi) is 7.29. The maximum absolute atomic E-state index is 11.0. The molecule has 0 spiro atoms. The number of nitrogens with two attached hydrogens (primary N) is 1. The Labute approximate surface area is 87.6 Å². The van der Waals surface area contributed by atoms with Gasteiger partial charge < -0.3 is 26.6 Å². The monoisotopic (exact) mass is 219 g/mol. The zero-order valence-electron chi connectivity index (χ0n) is 8.40. The molecule has 0 aliphatic rings. The van der Waals surface area contributed by atoms with Gasteiger partial charge in [-0.3, -0.25) is 0 Å². The van der Waals surface area contributed by atoms with Gasteiger partial charge in [0, 0.05) is 19.5 Å². The van der Waals surface area contributed by atoms with E-state index in [1.54, 1.807) is 0 Å². The van der Waals surface area contributed by atoms with Crippen LogP contribution in [0.3, 0.4) is 0 Å². The van der Waals surface area contributed by atoms with E-state index in [0.29, 0.717) is 19.5 Å². The van der Waals surface area contributed by atoms with Gasteiger partial charge in [-0.05, 0) is 13.0 Å². The molecule has 15 heavy (non-hydrogen) atoms. The highest BCUT2D eigenvalue weighted by Crippen LogP contribution is 1.88. The summed E-state index contributed by atoms with van der Waals surface area (Å²) < 4.78 is 0. The summed E-state index contributed by atoms with van der Waals surface area (Å²) in [6.45, 7) is 1.09. The fourth-order valence-corrected chi connectivity index (χ4v) is 0.812. The Balaban J connectivity index is 3.42. The Morgan fingerprint density at radius 3 is 2.40 bits per heavy atom. The number of carboxylic acid groups (broad SMARTS) is 1. The van der Waals surface area contributed by atoms with Crippen LogP contribution in [0.15, 0.2) is 0 Å². The molecule has 6 N–H and O–H groups in total. The number of aliphatic hydroxyl groups is 1. The molecule has 0 bridgehead atoms. The lowest BCUT2D eigenvalue weighted by Gasteiger charge is -2.08. The van der Waals surface area contributed by atoms with Crippen LogP contribution >= 0.6 is 0 Å². The molecule has 0 aromatic heterocycles. The first-order valence-electron chi connectivity index (χ1n) is 4.70. The summed E-state index contributed by atoms with van der Waals surface area (Å²) in [4.78, 5) is 21.2. The first-order chi connectivity index (χ1) is 7.07. The van der Waals surface area contributed by atoms with Gasteiger partial charge in [-0.25, -0.2) is 9.59 Å². The predicted octanol–water partition coefficient (Wildman–Crippen LogP) is -1.53. The largest absolute Gasteiger partial charge is 0.479 e. The average Bonchev–Trinajstić information content (AvgIpc) is 2.18. The molecular weight excluding hydrogens is 202 g/mol. The number of urea groups is 1. The van der Waals surface area contributed by atoms with Gasteiger partial charge in [0.15, 0.2) is 6.10 Å². The fraction of sp³-hybridized carbons (Fsp3) is 0.750. The number of aliphatic carboxylic acids is 1. The Morgan fingerprint density at radius 2 is 1.87 bits per heavy atom. The van der Waals surface area contributed by atoms with Gasteiger partial charge in [0.2, 0.25) is 0 Å². The summed E-state index contributed by atoms with van der Waals surface area (Å²) in [5.74, 6) is -1.29. The van der Waals surface area contributed by atoms with Crippen LogP contribution in [0.4, 0.5) is 4.79 Å². The number of aliphatic hydroxyl groups excluding tert-OH is 1. The molecule has 0 fully saturated rings. The van der Waals surface area contributed by atoms with Gasteiger partial charge in [-0.2, -0.15) is 0 Å². The van der Waals surface area contributed by atoms with Crippen molar-refractivity contribution in [2.24, 2.45) is 5.73 Å². The van der Waals surface area contributed by atoms with Crippen molar-refractivity contribution < 1.29 is 19.8 Å². The topological polar surface area (TPSA) is 125 Å². The van der Waals surface area contributed by atoms with Crippen molar-refractivity contribution in [1.29, 1.82) is 0 Å². The number of nitrogens with one attached hydrogen (secondary N) is 2. The van der Waals surface area contributed by atoms with Crippen LogP contribution in [-0.2, 0) is 4.79 Å². The lowest BCUT2D eigenvalue weighted by molar-refractivity contribution is -0.146. The van der Waals surface area contributed by atoms with Crippen molar-refractivity contribution in [1.82, 2.24) is 10.6 Å². The number of hydrogen-bond donors (Lipinski definition) is 5. The lowest BCUT2D eigenvalue weighted by atomic mass is 10.2. The molecule has 0 aliphatic heterocycles. The quantitative estimate of drug-likeness (QED) is 0.332. The van der Waals surface area contributed by atoms with E-state index in [1.807, 2.05) is 0 Å². The summed E-state index contributed by atoms with van der Waals surface area (Å²) in [6, 6.07) is -0.388. The van der Waals surface area contributed by atoms with Crippen molar-refractivity contribution in [3.8, 4) is 0 Å². The van der Waals surface area contributed by atoms with Gasteiger partial charge >= 0.3 is 12.0 Å². The minimum absolute atomic E-state index is 0.0142. The summed E-state index contributed by atoms with van der Waals surface area (Å²) >= 11 is 0. The molecule has 7 nitrogen and oxygen atoms in total. The van der Waals surface area contributed by atoms with Gasteiger partial charge in [0.05, 0.1) is 0 Å². The Bertz CT molecular complexity index is 210. The van der Waals surface area contributed by atoms with E-state index in [2.05, 4.69) is 10.6 Å². The third kappa shape index (κ3) is 7.71. The van der Waals surface area contributed by atoms with E-state index in [0.717, 1.165) is 0 Å². The highest BCUT2D eigenvalue weighted by atomic mass is 16.4. The van der Waals surface area contributed by atoms with Crippen LogP contribution in [0, 0.1) is 0 Å². The van der Waals surface area contributed by atoms with Crippen molar-refractivity contribution in [3.05, 3.63) is 0 Å². The second-order valence-corrected chi connectivity index (χ2v) is 2.97. The molecule has 0 radical (unpaired) electrons. The van der Waals surface area contributed by atoms with Crippen molar-refractivity contribution in [3.63, 3.8) is 0 Å². The highest BCUT2D eigenvalue weighted by molar-refractivity contribution is 5.74. The smallest absolute Gasteiger partial charge is 0.332 e. The number of hydrogen-bond acceptors (Lipinski definition) is 4. The van der Waals surface area contributed by atoms with Crippen molar-refractivity contribution in [2.75, 3.05) is 19.6 Å². The van der Waals surface area contributed by atoms with Gasteiger partial charge in [0.25, 0.3) is 0 Å². The zero-order valence-corrected chi connectivity index (χ0v) is 8.40. The standard InChI is InChI=1S/C8H17N3O4/c9-3-1-4-10-8(15)11-5-2-6(12)7(13)14/h6,12H,1-5,9H2,(H,13,14)(H2,10,11,15)/t6-/m0/s1. The van der Waals surface area contributed by atoms with E-state index in [9.17, 15) is 9.59 Å². The molecule has 0 aromatic rings. The Hall–Kier alpha value is -1.34. The maximum atomic E-state index is 11.0. The van der Waals surface area contributed by atoms with E-state index < -0.39 is 12.1 Å². The van der Waals surface area contributed by atoms with E-state index in [-0.39, 0.29) is 19.0 Å². The van der Waals surface area contributed by atoms with Crippen LogP contribution < -0.4 is 16.4 Å². The zero-order chi connectivity index (χ0) is 11.7. The fourth-order valence-electron chi connectivity index (χ4n) is 0.812. The number of carboxylic acids is 1. The summed E-state index contributed by atoms with van der Waals surface area (Å²) in [7, 11) is 0. The molecule has 0 saturated carbocycles. The summed E-state index contributed by atoms with van der Waals surface area (Å²) in [5.41, 5.74) is 5.22. The number of carbonyl (C=O) groups is 2. The third-order valence-corrected chi connectivity index (χ3v) is 1.65. The van der Waals surface area contributed by atoms with Crippen LogP contribution in [0.25, 0.3) is 0 Å². The van der Waals surface area contributed by atoms with Crippen LogP contribution in [0.5, 0.6) is 0 Å². The molecule has 0 saturated heterocycles. The van der Waals surface area contributed by atoms with Gasteiger partial charge in [-0.1, -0.05) is 0 Å². The molecule has 2 amide bonds. The first-order valence-corrected chi connectivity index (χ1v) is 4.70. The van der Waals surface area contributed by atoms with Crippen LogP contribution in [0.2, 0.25) is 0 Å². The SMILES string of the molecule is NCCCNC(=O)NCC[C@H](O)C(=O)O. The van der Waals surface area contributed by atoms with Crippen molar-refractivity contribution in [2.45, 2.75) is 18.9 Å². The number of carbonyl (C=O) groups excluding carboxylic acids is 1. The predicted molar refractivity (Wildman–Crippen MR) is 53.3 cm³/mol. The number of rotatable bonds is 7. The minimum Gasteiger partial charge on any atom is -0.479 e. The minimum atomic E-state index is -1.44. The van der Waals surface area contributed by atoms with Gasteiger partial charge in [0.1, 0.15) is 0 Å². The van der Waals surface area contributed by atoms with E-state index in [4.69, 9.17) is 15.9 Å². The molecule has 0 aliphatic carbocycles. The normalized spacial score (nSPS) is 11.9. The maximum Gasteiger partial charge on any atom is 0.332 e. The summed E-state index contributed by atoms with van der Waals surface area (Å²) in [5, 5.41) is 22.1. The lowest BCUT2D eigenvalue weighted by Crippen LogP contribution is -2.38. The van der Waals surface area contributed by atoms with E-state index in [1.165, 1.54) is 0 Å². The second-order valence-electron chi connectivity index (χ2n) is 2.97. The molecule has 0 heterocycles. The first kappa shape index (κ1) is 13.7. The molecule has 0 aromatic carbocycles. The highest BCUT2D eigenvalue weighted by Gasteiger charge is 2.12. The second kappa shape index (κ2) is 8.01.